The molecule has 2 aromatic carbocycles. The zero-order valence-electron chi connectivity index (χ0n) is 18.5. The van der Waals surface area contributed by atoms with E-state index in [0.29, 0.717) is 23.4 Å². The van der Waals surface area contributed by atoms with Gasteiger partial charge < -0.3 is 14.6 Å². The predicted octanol–water partition coefficient (Wildman–Crippen LogP) is 5.14. The van der Waals surface area contributed by atoms with Gasteiger partial charge in [-0.1, -0.05) is 24.6 Å². The number of allylic oxidation sites excluding steroid dienone is 1. The lowest BCUT2D eigenvalue weighted by Crippen LogP contribution is -2.33. The number of rotatable bonds is 5. The molecule has 0 spiro atoms. The number of methoxy groups -OCH3 is 1. The van der Waals surface area contributed by atoms with Crippen molar-refractivity contribution >= 4 is 11.9 Å². The molecule has 1 unspecified atom stereocenters. The van der Waals surface area contributed by atoms with E-state index in [2.05, 4.69) is 16.0 Å². The number of nitrogens with zero attached hydrogens (tertiary/aromatic N) is 2. The summed E-state index contributed by atoms with van der Waals surface area (Å²) in [5, 5.41) is 10.7. The van der Waals surface area contributed by atoms with Crippen LogP contribution < -0.4 is 9.47 Å². The van der Waals surface area contributed by atoms with Gasteiger partial charge in [0.15, 0.2) is 5.76 Å². The fourth-order valence-corrected chi connectivity index (χ4v) is 4.64. The van der Waals surface area contributed by atoms with Crippen LogP contribution in [0, 0.1) is 0 Å². The molecule has 6 nitrogen and oxygen atoms in total. The topological polar surface area (TPSA) is 71.9 Å². The van der Waals surface area contributed by atoms with Crippen molar-refractivity contribution in [3.63, 3.8) is 0 Å². The number of likely N-dealkylation sites (tertiary alicyclic amines) is 1. The van der Waals surface area contributed by atoms with Crippen LogP contribution in [0.5, 0.6) is 17.2 Å². The van der Waals surface area contributed by atoms with Gasteiger partial charge in [-0.3, -0.25) is 14.7 Å². The molecular weight excluding hydrogens is 416 g/mol. The van der Waals surface area contributed by atoms with Crippen molar-refractivity contribution in [2.24, 2.45) is 0 Å². The van der Waals surface area contributed by atoms with Crippen molar-refractivity contribution in [1.82, 2.24) is 9.88 Å². The van der Waals surface area contributed by atoms with Crippen LogP contribution >= 0.6 is 0 Å². The molecule has 0 aliphatic carbocycles. The molecule has 33 heavy (non-hydrogen) atoms. The minimum Gasteiger partial charge on any atom is -0.507 e. The van der Waals surface area contributed by atoms with Crippen LogP contribution in [0.3, 0.4) is 0 Å². The van der Waals surface area contributed by atoms with E-state index in [4.69, 9.17) is 9.47 Å². The Morgan fingerprint density at radius 1 is 1.18 bits per heavy atom. The molecule has 0 saturated carbocycles. The number of ketones is 1. The Labute approximate surface area is 193 Å². The number of hydrogen-bond donors (Lipinski definition) is 1. The summed E-state index contributed by atoms with van der Waals surface area (Å²) < 4.78 is 11.3. The maximum atomic E-state index is 13.0. The van der Waals surface area contributed by atoms with Crippen LogP contribution in [-0.2, 0) is 6.54 Å². The number of aromatic hydroxyl groups is 1. The number of aromatic nitrogens is 1. The maximum Gasteiger partial charge on any atom is 0.231 e. The van der Waals surface area contributed by atoms with Gasteiger partial charge in [0, 0.05) is 25.0 Å². The third kappa shape index (κ3) is 4.22. The first-order valence-corrected chi connectivity index (χ1v) is 11.2. The van der Waals surface area contributed by atoms with Gasteiger partial charge >= 0.3 is 0 Å². The summed E-state index contributed by atoms with van der Waals surface area (Å²) in [6.07, 6.45) is 8.69. The number of Topliss-reactive ketones (excluding diaryl/α,β-unsaturated/α-hetero) is 1. The van der Waals surface area contributed by atoms with Crippen molar-refractivity contribution in [2.75, 3.05) is 13.7 Å². The number of carbonyl (C=O) groups is 1. The third-order valence-electron chi connectivity index (χ3n) is 6.37. The largest absolute Gasteiger partial charge is 0.507 e. The Hall–Kier alpha value is -3.64. The van der Waals surface area contributed by atoms with Gasteiger partial charge in [0.25, 0.3) is 0 Å². The molecular formula is C27H26N2O4. The van der Waals surface area contributed by atoms with Crippen LogP contribution in [-0.4, -0.2) is 34.4 Å². The second-order valence-corrected chi connectivity index (χ2v) is 8.42. The van der Waals surface area contributed by atoms with E-state index in [0.717, 1.165) is 37.1 Å². The second kappa shape index (κ2) is 9.08. The first kappa shape index (κ1) is 21.2. The first-order chi connectivity index (χ1) is 16.1. The second-order valence-electron chi connectivity index (χ2n) is 8.42. The van der Waals surface area contributed by atoms with E-state index in [1.807, 2.05) is 36.5 Å². The fraction of sp³-hybridized carbons (Fsp3) is 0.259. The first-order valence-electron chi connectivity index (χ1n) is 11.2. The minimum absolute atomic E-state index is 0.141. The molecule has 0 amide bonds. The van der Waals surface area contributed by atoms with Gasteiger partial charge in [-0.25, -0.2) is 0 Å². The Morgan fingerprint density at radius 2 is 2.03 bits per heavy atom. The highest BCUT2D eigenvalue weighted by molar-refractivity contribution is 6.15. The van der Waals surface area contributed by atoms with Gasteiger partial charge in [-0.05, 0) is 66.9 Å². The van der Waals surface area contributed by atoms with Crippen LogP contribution in [0.2, 0.25) is 0 Å². The molecule has 5 rings (SSSR count). The molecule has 0 radical (unpaired) electrons. The summed E-state index contributed by atoms with van der Waals surface area (Å²) in [4.78, 5) is 19.7. The average Bonchev–Trinajstić information content (AvgIpc) is 3.17. The lowest BCUT2D eigenvalue weighted by Gasteiger charge is -2.36. The van der Waals surface area contributed by atoms with Gasteiger partial charge in [0.2, 0.25) is 5.78 Å². The SMILES string of the molecule is COc1ccc(C=C2Oc3c(ccc(O)c3CN3CCCCC3c3cccnc3)C2=O)cc1. The molecule has 1 saturated heterocycles. The highest BCUT2D eigenvalue weighted by Crippen LogP contribution is 2.42. The summed E-state index contributed by atoms with van der Waals surface area (Å²) in [5.74, 6) is 1.42. The molecule has 3 heterocycles. The van der Waals surface area contributed by atoms with Gasteiger partial charge in [-0.15, -0.1) is 0 Å². The van der Waals surface area contributed by atoms with Crippen LogP contribution in [0.25, 0.3) is 6.08 Å². The summed E-state index contributed by atoms with van der Waals surface area (Å²) in [5.41, 5.74) is 3.14. The van der Waals surface area contributed by atoms with Gasteiger partial charge in [-0.2, -0.15) is 0 Å². The molecule has 1 aromatic heterocycles. The van der Waals surface area contributed by atoms with E-state index >= 15 is 0 Å². The summed E-state index contributed by atoms with van der Waals surface area (Å²) >= 11 is 0. The number of benzene rings is 2. The van der Waals surface area contributed by atoms with Crippen molar-refractivity contribution in [1.29, 1.82) is 0 Å². The molecule has 3 aromatic rings. The van der Waals surface area contributed by atoms with Crippen molar-refractivity contribution in [3.05, 3.63) is 88.9 Å². The zero-order chi connectivity index (χ0) is 22.8. The molecule has 1 N–H and O–H groups in total. The highest BCUT2D eigenvalue weighted by Gasteiger charge is 2.33. The molecule has 168 valence electrons. The number of ether oxygens (including phenoxy) is 2. The summed E-state index contributed by atoms with van der Waals surface area (Å²) in [6, 6.07) is 14.9. The van der Waals surface area contributed by atoms with E-state index < -0.39 is 0 Å². The molecule has 1 atom stereocenters. The third-order valence-corrected chi connectivity index (χ3v) is 6.37. The smallest absolute Gasteiger partial charge is 0.231 e. The van der Waals surface area contributed by atoms with E-state index in [9.17, 15) is 9.90 Å². The Bertz CT molecular complexity index is 1190. The number of hydrogen-bond acceptors (Lipinski definition) is 6. The van der Waals surface area contributed by atoms with E-state index in [-0.39, 0.29) is 23.3 Å². The number of phenolic OH excluding ortho intramolecular Hbond substituents is 1. The fourth-order valence-electron chi connectivity index (χ4n) is 4.64. The maximum absolute atomic E-state index is 13.0. The standard InChI is InChI=1S/C27H26N2O4/c1-32-20-9-7-18(8-10-20)15-25-26(31)21-11-12-24(30)22(27(21)33-25)17-29-14-3-2-6-23(29)19-5-4-13-28-16-19/h4-5,7-13,15-16,23,30H,2-3,6,14,17H2,1H3. The zero-order valence-corrected chi connectivity index (χ0v) is 18.5. The quantitative estimate of drug-likeness (QED) is 0.552. The van der Waals surface area contributed by atoms with Crippen LogP contribution in [0.15, 0.2) is 66.7 Å². The monoisotopic (exact) mass is 442 g/mol. The lowest BCUT2D eigenvalue weighted by atomic mass is 9.95. The highest BCUT2D eigenvalue weighted by atomic mass is 16.5. The Morgan fingerprint density at radius 3 is 2.79 bits per heavy atom. The predicted molar refractivity (Wildman–Crippen MR) is 125 cm³/mol. The number of fused-ring (bicyclic) bond motifs is 1. The summed E-state index contributed by atoms with van der Waals surface area (Å²) in [6.45, 7) is 1.41. The molecule has 2 aliphatic rings. The average molecular weight is 443 g/mol. The number of piperidine rings is 1. The Balaban J connectivity index is 1.44. The van der Waals surface area contributed by atoms with Crippen LogP contribution in [0.1, 0.15) is 52.4 Å². The molecule has 6 heteroatoms. The Kier molecular flexibility index (Phi) is 5.84. The molecule has 1 fully saturated rings. The molecule has 0 bridgehead atoms. The number of carbonyl (C=O) groups excluding carboxylic acids is 1. The van der Waals surface area contributed by atoms with Gasteiger partial charge in [0.1, 0.15) is 17.2 Å². The van der Waals surface area contributed by atoms with Crippen molar-refractivity contribution in [2.45, 2.75) is 31.8 Å². The van der Waals surface area contributed by atoms with Crippen molar-refractivity contribution in [3.8, 4) is 17.2 Å². The van der Waals surface area contributed by atoms with E-state index in [1.165, 1.54) is 5.56 Å². The minimum atomic E-state index is -0.176. The van der Waals surface area contributed by atoms with Crippen LogP contribution in [0.4, 0.5) is 0 Å². The number of phenols is 1. The lowest BCUT2D eigenvalue weighted by molar-refractivity contribution is 0.101. The summed E-state index contributed by atoms with van der Waals surface area (Å²) in [7, 11) is 1.61. The van der Waals surface area contributed by atoms with E-state index in [1.54, 1.807) is 31.5 Å². The number of pyridine rings is 1. The normalized spacial score (nSPS) is 19.4. The molecule has 2 aliphatic heterocycles. The van der Waals surface area contributed by atoms with Crippen molar-refractivity contribution < 1.29 is 19.4 Å². The van der Waals surface area contributed by atoms with Gasteiger partial charge in [0.05, 0.1) is 18.2 Å².